The van der Waals surface area contributed by atoms with E-state index in [-0.39, 0.29) is 18.3 Å². The van der Waals surface area contributed by atoms with Crippen molar-refractivity contribution in [1.29, 1.82) is 0 Å². The first kappa shape index (κ1) is 9.18. The van der Waals surface area contributed by atoms with Gasteiger partial charge in [0.2, 0.25) is 0 Å². The van der Waals surface area contributed by atoms with Crippen molar-refractivity contribution in [1.82, 2.24) is 5.32 Å². The fourth-order valence-electron chi connectivity index (χ4n) is 1.07. The summed E-state index contributed by atoms with van der Waals surface area (Å²) in [6.07, 6.45) is 0.391. The van der Waals surface area contributed by atoms with Crippen LogP contribution in [0.15, 0.2) is 0 Å². The Bertz CT molecular complexity index is 71.5. The molecule has 2 unspecified atom stereocenters. The predicted octanol–water partition coefficient (Wildman–Crippen LogP) is 1.38. The highest BCUT2D eigenvalue weighted by Crippen LogP contribution is 2.14. The smallest absolute Gasteiger partial charge is 0.101 e. The molecule has 1 saturated heterocycles. The van der Waals surface area contributed by atoms with Crippen molar-refractivity contribution >= 4 is 12.4 Å². The molecule has 0 radical (unpaired) electrons. The van der Waals surface area contributed by atoms with E-state index in [9.17, 15) is 4.39 Å². The molecule has 1 aliphatic heterocycles. The summed E-state index contributed by atoms with van der Waals surface area (Å²) in [5.41, 5.74) is 0. The maximum absolute atomic E-state index is 12.4. The van der Waals surface area contributed by atoms with Gasteiger partial charge in [-0.3, -0.25) is 0 Å². The van der Waals surface area contributed by atoms with Crippen LogP contribution in [-0.2, 0) is 0 Å². The van der Waals surface area contributed by atoms with Crippen LogP contribution in [0.2, 0.25) is 0 Å². The van der Waals surface area contributed by atoms with Crippen molar-refractivity contribution in [2.24, 2.45) is 5.92 Å². The average Bonchev–Trinajstić information content (AvgIpc) is 2.12. The molecule has 0 spiro atoms. The van der Waals surface area contributed by atoms with Gasteiger partial charge < -0.3 is 5.32 Å². The van der Waals surface area contributed by atoms with Crippen molar-refractivity contribution in [2.45, 2.75) is 19.5 Å². The van der Waals surface area contributed by atoms with Gasteiger partial charge in [0.1, 0.15) is 6.17 Å². The zero-order valence-corrected chi connectivity index (χ0v) is 6.38. The largest absolute Gasteiger partial charge is 0.316 e. The molecule has 9 heavy (non-hydrogen) atoms. The summed E-state index contributed by atoms with van der Waals surface area (Å²) in [6.45, 7) is 3.51. The molecule has 0 aromatic rings. The molecule has 1 aliphatic rings. The molecule has 0 aromatic carbocycles. The molecular weight excluding hydrogens is 141 g/mol. The molecule has 0 aliphatic carbocycles. The second kappa shape index (κ2) is 4.07. The van der Waals surface area contributed by atoms with Crippen LogP contribution in [0.5, 0.6) is 0 Å². The minimum absolute atomic E-state index is 0. The standard InChI is InChI=1S/C6H12FN.ClH/c1-5(7)6-2-3-8-4-6;/h5-6,8H,2-4H2,1H3;1H. The van der Waals surface area contributed by atoms with E-state index in [0.717, 1.165) is 19.5 Å². The van der Waals surface area contributed by atoms with Gasteiger partial charge in [-0.25, -0.2) is 4.39 Å². The van der Waals surface area contributed by atoms with Crippen LogP contribution in [0.25, 0.3) is 0 Å². The van der Waals surface area contributed by atoms with E-state index in [4.69, 9.17) is 0 Å². The molecule has 0 aromatic heterocycles. The third-order valence-electron chi connectivity index (χ3n) is 1.75. The van der Waals surface area contributed by atoms with E-state index in [1.165, 1.54) is 0 Å². The van der Waals surface area contributed by atoms with Gasteiger partial charge in [-0.15, -0.1) is 12.4 Å². The highest BCUT2D eigenvalue weighted by molar-refractivity contribution is 5.85. The van der Waals surface area contributed by atoms with Crippen molar-refractivity contribution < 1.29 is 4.39 Å². The second-order valence-electron chi connectivity index (χ2n) is 2.43. The highest BCUT2D eigenvalue weighted by Gasteiger charge is 2.19. The number of halogens is 2. The van der Waals surface area contributed by atoms with Crippen LogP contribution >= 0.6 is 12.4 Å². The Morgan fingerprint density at radius 3 is 2.56 bits per heavy atom. The summed E-state index contributed by atoms with van der Waals surface area (Å²) in [6, 6.07) is 0. The zero-order valence-electron chi connectivity index (χ0n) is 5.56. The van der Waals surface area contributed by atoms with E-state index in [1.54, 1.807) is 6.92 Å². The topological polar surface area (TPSA) is 12.0 Å². The van der Waals surface area contributed by atoms with E-state index in [1.807, 2.05) is 0 Å². The molecule has 2 atom stereocenters. The first-order chi connectivity index (χ1) is 3.80. The fraction of sp³-hybridized carbons (Fsp3) is 1.00. The highest BCUT2D eigenvalue weighted by atomic mass is 35.5. The summed E-state index contributed by atoms with van der Waals surface area (Å²) in [4.78, 5) is 0. The van der Waals surface area contributed by atoms with Gasteiger partial charge in [0.15, 0.2) is 0 Å². The maximum Gasteiger partial charge on any atom is 0.101 e. The van der Waals surface area contributed by atoms with Gasteiger partial charge in [-0.2, -0.15) is 0 Å². The SMILES string of the molecule is CC(F)C1CCNC1.Cl. The van der Waals surface area contributed by atoms with Gasteiger partial charge in [-0.05, 0) is 19.9 Å². The molecule has 0 bridgehead atoms. The van der Waals surface area contributed by atoms with E-state index in [0.29, 0.717) is 0 Å². The minimum Gasteiger partial charge on any atom is -0.316 e. The molecule has 1 rings (SSSR count). The van der Waals surface area contributed by atoms with Crippen LogP contribution in [0.4, 0.5) is 4.39 Å². The van der Waals surface area contributed by atoms with Crippen LogP contribution in [0.1, 0.15) is 13.3 Å². The number of hydrogen-bond donors (Lipinski definition) is 1. The lowest BCUT2D eigenvalue weighted by Crippen LogP contribution is -2.15. The lowest BCUT2D eigenvalue weighted by molar-refractivity contribution is 0.264. The van der Waals surface area contributed by atoms with Gasteiger partial charge >= 0.3 is 0 Å². The third kappa shape index (κ3) is 2.50. The summed E-state index contributed by atoms with van der Waals surface area (Å²) < 4.78 is 12.4. The molecule has 1 nitrogen and oxygen atoms in total. The van der Waals surface area contributed by atoms with Crippen molar-refractivity contribution in [2.75, 3.05) is 13.1 Å². The average molecular weight is 154 g/mol. The quantitative estimate of drug-likeness (QED) is 0.600. The molecule has 0 amide bonds. The molecule has 1 N–H and O–H groups in total. The lowest BCUT2D eigenvalue weighted by Gasteiger charge is -2.06. The molecule has 3 heteroatoms. The molecular formula is C6H13ClFN. The third-order valence-corrected chi connectivity index (χ3v) is 1.75. The molecule has 0 saturated carbocycles. The van der Waals surface area contributed by atoms with Gasteiger partial charge in [0.25, 0.3) is 0 Å². The van der Waals surface area contributed by atoms with E-state index >= 15 is 0 Å². The number of nitrogens with one attached hydrogen (secondary N) is 1. The van der Waals surface area contributed by atoms with Crippen LogP contribution < -0.4 is 5.32 Å². The van der Waals surface area contributed by atoms with Crippen LogP contribution in [-0.4, -0.2) is 19.3 Å². The van der Waals surface area contributed by atoms with Crippen molar-refractivity contribution in [3.05, 3.63) is 0 Å². The van der Waals surface area contributed by atoms with E-state index < -0.39 is 6.17 Å². The molecule has 1 heterocycles. The predicted molar refractivity (Wildman–Crippen MR) is 38.8 cm³/mol. The number of hydrogen-bond acceptors (Lipinski definition) is 1. The Labute approximate surface area is 61.4 Å². The van der Waals surface area contributed by atoms with Gasteiger partial charge in [0, 0.05) is 12.5 Å². The molecule has 56 valence electrons. The Balaban J connectivity index is 0.000000640. The first-order valence-corrected chi connectivity index (χ1v) is 3.15. The lowest BCUT2D eigenvalue weighted by atomic mass is 10.1. The summed E-state index contributed by atoms with van der Waals surface area (Å²) >= 11 is 0. The summed E-state index contributed by atoms with van der Waals surface area (Å²) in [5, 5.41) is 3.11. The zero-order chi connectivity index (χ0) is 5.98. The minimum atomic E-state index is -0.620. The van der Waals surface area contributed by atoms with Crippen LogP contribution in [0, 0.1) is 5.92 Å². The van der Waals surface area contributed by atoms with Gasteiger partial charge in [0.05, 0.1) is 0 Å². The molecule has 1 fully saturated rings. The Hall–Kier alpha value is 0.180. The summed E-state index contributed by atoms with van der Waals surface area (Å²) in [7, 11) is 0. The Kier molecular flexibility index (Phi) is 4.15. The summed E-state index contributed by atoms with van der Waals surface area (Å²) in [5.74, 6) is 0.287. The normalized spacial score (nSPS) is 29.3. The number of alkyl halides is 1. The van der Waals surface area contributed by atoms with E-state index in [2.05, 4.69) is 5.32 Å². The maximum atomic E-state index is 12.4. The Morgan fingerprint density at radius 1 is 1.67 bits per heavy atom. The van der Waals surface area contributed by atoms with Crippen LogP contribution in [0.3, 0.4) is 0 Å². The van der Waals surface area contributed by atoms with Crippen molar-refractivity contribution in [3.8, 4) is 0 Å². The second-order valence-corrected chi connectivity index (χ2v) is 2.43. The van der Waals surface area contributed by atoms with Gasteiger partial charge in [-0.1, -0.05) is 0 Å². The van der Waals surface area contributed by atoms with Crippen molar-refractivity contribution in [3.63, 3.8) is 0 Å². The number of rotatable bonds is 1. The fourth-order valence-corrected chi connectivity index (χ4v) is 1.07. The first-order valence-electron chi connectivity index (χ1n) is 3.15. The monoisotopic (exact) mass is 153 g/mol. The Morgan fingerprint density at radius 2 is 2.33 bits per heavy atom.